The highest BCUT2D eigenvalue weighted by Crippen LogP contribution is 2.18. The first-order valence-electron chi connectivity index (χ1n) is 6.67. The second-order valence-corrected chi connectivity index (χ2v) is 4.93. The van der Waals surface area contributed by atoms with Crippen molar-refractivity contribution < 1.29 is 9.53 Å². The smallest absolute Gasteiger partial charge is 0.227 e. The third kappa shape index (κ3) is 5.55. The molecule has 1 atom stereocenters. The van der Waals surface area contributed by atoms with Crippen LogP contribution in [0.5, 0.6) is 0 Å². The van der Waals surface area contributed by atoms with Crippen LogP contribution in [0.2, 0.25) is 0 Å². The van der Waals surface area contributed by atoms with Crippen LogP contribution in [0.25, 0.3) is 0 Å². The van der Waals surface area contributed by atoms with Crippen LogP contribution in [0, 0.1) is 11.8 Å². The summed E-state index contributed by atoms with van der Waals surface area (Å²) in [7, 11) is 1.65. The molecule has 1 N–H and O–H groups in total. The quantitative estimate of drug-likeness (QED) is 0.801. The molecule has 0 saturated carbocycles. The second-order valence-electron chi connectivity index (χ2n) is 4.93. The van der Waals surface area contributed by atoms with Crippen LogP contribution in [0.4, 0.5) is 0 Å². The predicted molar refractivity (Wildman–Crippen MR) is 76.1 cm³/mol. The molecule has 108 valence electrons. The summed E-state index contributed by atoms with van der Waals surface area (Å²) in [6.45, 7) is 8.53. The van der Waals surface area contributed by atoms with Crippen LogP contribution in [0.3, 0.4) is 0 Å². The van der Waals surface area contributed by atoms with Gasteiger partial charge in [-0.1, -0.05) is 13.8 Å². The van der Waals surface area contributed by atoms with E-state index in [2.05, 4.69) is 12.2 Å². The summed E-state index contributed by atoms with van der Waals surface area (Å²) < 4.78 is 5.03. The van der Waals surface area contributed by atoms with E-state index in [1.807, 2.05) is 11.8 Å². The Morgan fingerprint density at radius 3 is 2.56 bits per heavy atom. The Labute approximate surface area is 117 Å². The molecule has 5 heteroatoms. The molecule has 1 amide bonds. The monoisotopic (exact) mass is 278 g/mol. The molecule has 4 nitrogen and oxygen atoms in total. The van der Waals surface area contributed by atoms with Crippen molar-refractivity contribution in [3.8, 4) is 0 Å². The molecule has 1 saturated heterocycles. The van der Waals surface area contributed by atoms with Crippen molar-refractivity contribution in [1.82, 2.24) is 10.2 Å². The van der Waals surface area contributed by atoms with Crippen molar-refractivity contribution in [3.63, 3.8) is 0 Å². The van der Waals surface area contributed by atoms with E-state index in [0.717, 1.165) is 44.9 Å². The number of carbonyl (C=O) groups excluding carboxylic acids is 1. The van der Waals surface area contributed by atoms with Crippen molar-refractivity contribution in [2.75, 3.05) is 39.9 Å². The average molecular weight is 279 g/mol. The first-order valence-corrected chi connectivity index (χ1v) is 6.67. The van der Waals surface area contributed by atoms with Gasteiger partial charge in [0.05, 0.1) is 12.5 Å². The van der Waals surface area contributed by atoms with Gasteiger partial charge in [0.1, 0.15) is 0 Å². The third-order valence-electron chi connectivity index (χ3n) is 3.45. The zero-order valence-electron chi connectivity index (χ0n) is 11.8. The van der Waals surface area contributed by atoms with E-state index in [9.17, 15) is 4.79 Å². The maximum Gasteiger partial charge on any atom is 0.227 e. The number of rotatable bonds is 6. The molecule has 1 fully saturated rings. The minimum Gasteiger partial charge on any atom is -0.384 e. The molecule has 1 heterocycles. The number of ether oxygens (including phenoxy) is 1. The standard InChI is InChI=1S/C13H26N2O2.ClH/c1-4-14-9-12-5-7-15(8-6-12)13(16)11(2)10-17-3;/h11-12,14H,4-10H2,1-3H3;1H. The number of methoxy groups -OCH3 is 1. The van der Waals surface area contributed by atoms with Gasteiger partial charge in [-0.05, 0) is 31.8 Å². The maximum atomic E-state index is 12.0. The summed E-state index contributed by atoms with van der Waals surface area (Å²) >= 11 is 0. The predicted octanol–water partition coefficient (Wildman–Crippen LogP) is 1.54. The fourth-order valence-corrected chi connectivity index (χ4v) is 2.34. The molecular formula is C13H27ClN2O2. The van der Waals surface area contributed by atoms with Crippen LogP contribution in [-0.2, 0) is 9.53 Å². The summed E-state index contributed by atoms with van der Waals surface area (Å²) in [5.41, 5.74) is 0. The molecule has 18 heavy (non-hydrogen) atoms. The number of likely N-dealkylation sites (tertiary alicyclic amines) is 1. The summed E-state index contributed by atoms with van der Waals surface area (Å²) in [5.74, 6) is 0.968. The highest BCUT2D eigenvalue weighted by atomic mass is 35.5. The molecule has 0 aromatic heterocycles. The number of nitrogens with zero attached hydrogens (tertiary/aromatic N) is 1. The molecule has 0 aliphatic carbocycles. The van der Waals surface area contributed by atoms with Crippen molar-refractivity contribution >= 4 is 18.3 Å². The van der Waals surface area contributed by atoms with Crippen LogP contribution < -0.4 is 5.32 Å². The van der Waals surface area contributed by atoms with Crippen molar-refractivity contribution in [3.05, 3.63) is 0 Å². The summed E-state index contributed by atoms with van der Waals surface area (Å²) in [5, 5.41) is 3.38. The molecule has 0 radical (unpaired) electrons. The van der Waals surface area contributed by atoms with Gasteiger partial charge in [0.25, 0.3) is 0 Å². The van der Waals surface area contributed by atoms with Gasteiger partial charge < -0.3 is 15.0 Å². The van der Waals surface area contributed by atoms with Gasteiger partial charge in [-0.3, -0.25) is 4.79 Å². The molecule has 0 bridgehead atoms. The molecule has 0 aromatic rings. The molecule has 0 spiro atoms. The number of hydrogen-bond acceptors (Lipinski definition) is 3. The normalized spacial score (nSPS) is 18.3. The fraction of sp³-hybridized carbons (Fsp3) is 0.923. The van der Waals surface area contributed by atoms with E-state index in [0.29, 0.717) is 6.61 Å². The SMILES string of the molecule is CCNCC1CCN(C(=O)C(C)COC)CC1.Cl. The Morgan fingerprint density at radius 1 is 1.44 bits per heavy atom. The summed E-state index contributed by atoms with van der Waals surface area (Å²) in [6.07, 6.45) is 2.25. The number of carbonyl (C=O) groups is 1. The molecule has 1 aliphatic rings. The number of amides is 1. The highest BCUT2D eigenvalue weighted by Gasteiger charge is 2.25. The zero-order valence-corrected chi connectivity index (χ0v) is 12.6. The van der Waals surface area contributed by atoms with E-state index < -0.39 is 0 Å². The largest absolute Gasteiger partial charge is 0.384 e. The lowest BCUT2D eigenvalue weighted by Gasteiger charge is -2.33. The van der Waals surface area contributed by atoms with Crippen LogP contribution in [0.1, 0.15) is 26.7 Å². The molecule has 1 rings (SSSR count). The lowest BCUT2D eigenvalue weighted by Crippen LogP contribution is -2.43. The van der Waals surface area contributed by atoms with Gasteiger partial charge in [-0.25, -0.2) is 0 Å². The van der Waals surface area contributed by atoms with Gasteiger partial charge >= 0.3 is 0 Å². The van der Waals surface area contributed by atoms with Gasteiger partial charge in [-0.2, -0.15) is 0 Å². The first kappa shape index (κ1) is 17.7. The van der Waals surface area contributed by atoms with E-state index >= 15 is 0 Å². The first-order chi connectivity index (χ1) is 8.19. The molecular weight excluding hydrogens is 252 g/mol. The Balaban J connectivity index is 0.00000289. The van der Waals surface area contributed by atoms with Crippen molar-refractivity contribution in [1.29, 1.82) is 0 Å². The number of hydrogen-bond donors (Lipinski definition) is 1. The lowest BCUT2D eigenvalue weighted by molar-refractivity contribution is -0.138. The van der Waals surface area contributed by atoms with E-state index in [4.69, 9.17) is 4.74 Å². The molecule has 1 unspecified atom stereocenters. The lowest BCUT2D eigenvalue weighted by atomic mass is 9.96. The highest BCUT2D eigenvalue weighted by molar-refractivity contribution is 5.85. The summed E-state index contributed by atoms with van der Waals surface area (Å²) in [6, 6.07) is 0. The Kier molecular flexibility index (Phi) is 9.42. The van der Waals surface area contributed by atoms with Crippen LogP contribution in [-0.4, -0.2) is 50.7 Å². The van der Waals surface area contributed by atoms with E-state index in [-0.39, 0.29) is 24.2 Å². The van der Waals surface area contributed by atoms with Crippen LogP contribution in [0.15, 0.2) is 0 Å². The zero-order chi connectivity index (χ0) is 12.7. The number of halogens is 1. The maximum absolute atomic E-state index is 12.0. The van der Waals surface area contributed by atoms with E-state index in [1.165, 1.54) is 0 Å². The minimum absolute atomic E-state index is 0. The van der Waals surface area contributed by atoms with Gasteiger partial charge in [0.2, 0.25) is 5.91 Å². The molecule has 0 aromatic carbocycles. The summed E-state index contributed by atoms with van der Waals surface area (Å²) in [4.78, 5) is 14.0. The Bertz CT molecular complexity index is 231. The van der Waals surface area contributed by atoms with Crippen LogP contribution >= 0.6 is 12.4 Å². The molecule has 1 aliphatic heterocycles. The number of piperidine rings is 1. The fourth-order valence-electron chi connectivity index (χ4n) is 2.34. The topological polar surface area (TPSA) is 41.6 Å². The second kappa shape index (κ2) is 9.59. The van der Waals surface area contributed by atoms with Gasteiger partial charge in [0.15, 0.2) is 0 Å². The average Bonchev–Trinajstić information content (AvgIpc) is 2.36. The minimum atomic E-state index is -0.00897. The Hall–Kier alpha value is -0.320. The number of nitrogens with one attached hydrogen (secondary N) is 1. The third-order valence-corrected chi connectivity index (χ3v) is 3.45. The van der Waals surface area contributed by atoms with E-state index in [1.54, 1.807) is 7.11 Å². The van der Waals surface area contributed by atoms with Gasteiger partial charge in [-0.15, -0.1) is 12.4 Å². The van der Waals surface area contributed by atoms with Crippen molar-refractivity contribution in [2.45, 2.75) is 26.7 Å². The Morgan fingerprint density at radius 2 is 2.06 bits per heavy atom. The van der Waals surface area contributed by atoms with Gasteiger partial charge in [0, 0.05) is 20.2 Å². The van der Waals surface area contributed by atoms with Crippen molar-refractivity contribution in [2.24, 2.45) is 11.8 Å².